The van der Waals surface area contributed by atoms with Gasteiger partial charge in [-0.1, -0.05) is 17.9 Å². The smallest absolute Gasteiger partial charge is 0.222 e. The van der Waals surface area contributed by atoms with Crippen molar-refractivity contribution in [3.8, 4) is 5.75 Å². The second-order valence-electron chi connectivity index (χ2n) is 3.19. The molecule has 2 atom stereocenters. The van der Waals surface area contributed by atoms with E-state index in [1.54, 1.807) is 13.3 Å². The molecular weight excluding hydrogens is 367 g/mol. The topological polar surface area (TPSA) is 24.8 Å². The van der Waals surface area contributed by atoms with Gasteiger partial charge in [0.2, 0.25) is 4.89 Å². The van der Waals surface area contributed by atoms with Gasteiger partial charge in [0.1, 0.15) is 13.3 Å². The summed E-state index contributed by atoms with van der Waals surface area (Å²) in [6.07, 6.45) is 1.65. The fourth-order valence-electron chi connectivity index (χ4n) is 0.947. The van der Waals surface area contributed by atoms with E-state index in [9.17, 15) is 0 Å². The van der Waals surface area contributed by atoms with E-state index in [1.807, 2.05) is 24.3 Å². The molecule has 0 N–H and O–H groups in total. The first-order valence-electron chi connectivity index (χ1n) is 4.64. The number of hydrogen-bond acceptors (Lipinski definition) is 3. The molecular formula is C8H12Cl2N2OP4S. The molecule has 10 heteroatoms. The molecule has 0 saturated carbocycles. The summed E-state index contributed by atoms with van der Waals surface area (Å²) in [6.45, 7) is 0. The van der Waals surface area contributed by atoms with Gasteiger partial charge in [-0.2, -0.15) is 5.10 Å². The van der Waals surface area contributed by atoms with Crippen LogP contribution in [0.4, 0.5) is 0 Å². The number of hydrazone groups is 1. The Bertz CT molecular complexity index is 465. The summed E-state index contributed by atoms with van der Waals surface area (Å²) >= 11 is 16.5. The van der Waals surface area contributed by atoms with Gasteiger partial charge in [0.15, 0.2) is 0 Å². The maximum absolute atomic E-state index is 5.81. The summed E-state index contributed by atoms with van der Waals surface area (Å²) in [4.78, 5) is -2.54. The molecule has 18 heavy (non-hydrogen) atoms. The Balaban J connectivity index is 2.69. The van der Waals surface area contributed by atoms with E-state index in [4.69, 9.17) is 38.8 Å². The second-order valence-corrected chi connectivity index (χ2v) is 16.6. The first kappa shape index (κ1) is 17.1. The molecule has 100 valence electrons. The predicted octanol–water partition coefficient (Wildman–Crippen LogP) is 5.01. The summed E-state index contributed by atoms with van der Waals surface area (Å²) in [5, 5.41) is 4.10. The standard InChI is InChI=1S/C8H12Cl2N2OP4S/c1-12(17(9,10)18)11-6-7-2-4-8(5-3-7)13-16(14)15/h2-6H,14-15H2,1H3/b11-6-. The molecule has 0 aliphatic rings. The Morgan fingerprint density at radius 2 is 1.94 bits per heavy atom. The SMILES string of the molecule is CN(/N=C\c1ccc(OP(P)P)cc1)P(=S)(Cl)Cl. The quantitative estimate of drug-likeness (QED) is 0.409. The minimum atomic E-state index is -2.54. The lowest BCUT2D eigenvalue weighted by atomic mass is 10.2. The lowest BCUT2D eigenvalue weighted by Crippen LogP contribution is -2.00. The van der Waals surface area contributed by atoms with Crippen LogP contribution in [0.5, 0.6) is 5.75 Å². The molecule has 0 fully saturated rings. The minimum Gasteiger partial charge on any atom is -0.466 e. The highest BCUT2D eigenvalue weighted by molar-refractivity contribution is 8.41. The zero-order valence-corrected chi connectivity index (χ0v) is 15.8. The van der Waals surface area contributed by atoms with Crippen molar-refractivity contribution in [2.75, 3.05) is 7.05 Å². The third-order valence-electron chi connectivity index (χ3n) is 1.80. The highest BCUT2D eigenvalue weighted by Gasteiger charge is 2.12. The lowest BCUT2D eigenvalue weighted by Gasteiger charge is -2.16. The molecule has 1 aromatic carbocycles. The number of hydrogen-bond donors (Lipinski definition) is 0. The minimum absolute atomic E-state index is 0.573. The zero-order chi connectivity index (χ0) is 13.8. The highest BCUT2D eigenvalue weighted by atomic mass is 35.9. The van der Waals surface area contributed by atoms with E-state index >= 15 is 0 Å². The average Bonchev–Trinajstić information content (AvgIpc) is 2.25. The van der Waals surface area contributed by atoms with Crippen molar-refractivity contribution in [3.63, 3.8) is 0 Å². The molecule has 0 radical (unpaired) electrons. The van der Waals surface area contributed by atoms with Crippen LogP contribution in [0.3, 0.4) is 0 Å². The third kappa shape index (κ3) is 6.44. The third-order valence-corrected chi connectivity index (χ3v) is 5.65. The van der Waals surface area contributed by atoms with E-state index in [0.717, 1.165) is 11.3 Å². The molecule has 1 aromatic rings. The Morgan fingerprint density at radius 3 is 2.39 bits per heavy atom. The fraction of sp³-hybridized carbons (Fsp3) is 0.125. The molecule has 0 amide bonds. The van der Waals surface area contributed by atoms with Crippen molar-refractivity contribution < 1.29 is 4.52 Å². The summed E-state index contributed by atoms with van der Waals surface area (Å²) in [6, 6.07) is 7.55. The van der Waals surface area contributed by atoms with Gasteiger partial charge in [-0.25, -0.2) is 4.78 Å². The van der Waals surface area contributed by atoms with Crippen molar-refractivity contribution in [1.82, 2.24) is 4.78 Å². The first-order valence-corrected chi connectivity index (χ1v) is 13.7. The van der Waals surface area contributed by atoms with E-state index in [2.05, 4.69) is 23.0 Å². The van der Waals surface area contributed by atoms with Crippen LogP contribution < -0.4 is 4.52 Å². The molecule has 3 nitrogen and oxygen atoms in total. The van der Waals surface area contributed by atoms with Crippen LogP contribution >= 0.6 is 52.8 Å². The average molecular weight is 379 g/mol. The van der Waals surface area contributed by atoms with E-state index < -0.39 is 12.4 Å². The molecule has 0 heterocycles. The van der Waals surface area contributed by atoms with E-state index in [-0.39, 0.29) is 0 Å². The molecule has 1 rings (SSSR count). The largest absolute Gasteiger partial charge is 0.466 e. The van der Waals surface area contributed by atoms with Gasteiger partial charge < -0.3 is 4.52 Å². The van der Waals surface area contributed by atoms with Crippen LogP contribution in [0, 0.1) is 0 Å². The lowest BCUT2D eigenvalue weighted by molar-refractivity contribution is 0.611. The Kier molecular flexibility index (Phi) is 7.30. The monoisotopic (exact) mass is 378 g/mol. The Hall–Kier alpha value is 1.01. The summed E-state index contributed by atoms with van der Waals surface area (Å²) in [7, 11) is 6.29. The first-order chi connectivity index (χ1) is 8.29. The second kappa shape index (κ2) is 7.70. The van der Waals surface area contributed by atoms with Crippen LogP contribution in [0.2, 0.25) is 0 Å². The highest BCUT2D eigenvalue weighted by Crippen LogP contribution is 2.59. The van der Waals surface area contributed by atoms with Crippen molar-refractivity contribution in [2.45, 2.75) is 0 Å². The van der Waals surface area contributed by atoms with Crippen LogP contribution in [-0.2, 0) is 11.8 Å². The van der Waals surface area contributed by atoms with Gasteiger partial charge in [-0.05, 0) is 64.1 Å². The van der Waals surface area contributed by atoms with Crippen molar-refractivity contribution in [2.24, 2.45) is 5.10 Å². The molecule has 0 aromatic heterocycles. The van der Waals surface area contributed by atoms with Gasteiger partial charge in [0.05, 0.1) is 6.21 Å². The Morgan fingerprint density at radius 1 is 1.39 bits per heavy atom. The van der Waals surface area contributed by atoms with Crippen molar-refractivity contribution in [1.29, 1.82) is 0 Å². The fourth-order valence-corrected chi connectivity index (χ4v) is 2.57. The van der Waals surface area contributed by atoms with Gasteiger partial charge in [-0.3, -0.25) is 0 Å². The van der Waals surface area contributed by atoms with Gasteiger partial charge in [0.25, 0.3) is 0 Å². The molecule has 0 saturated heterocycles. The molecule has 2 unspecified atom stereocenters. The van der Waals surface area contributed by atoms with Crippen LogP contribution in [0.25, 0.3) is 0 Å². The number of benzene rings is 1. The van der Waals surface area contributed by atoms with Gasteiger partial charge >= 0.3 is 0 Å². The maximum Gasteiger partial charge on any atom is 0.222 e. The summed E-state index contributed by atoms with van der Waals surface area (Å²) in [5.74, 6) is 0.816. The van der Waals surface area contributed by atoms with Crippen LogP contribution in [0.15, 0.2) is 29.4 Å². The number of rotatable bonds is 5. The zero-order valence-electron chi connectivity index (χ0n) is 9.40. The number of nitrogens with zero attached hydrogens (tertiary/aromatic N) is 2. The van der Waals surface area contributed by atoms with E-state index in [1.165, 1.54) is 4.78 Å². The number of halogens is 2. The molecule has 0 bridgehead atoms. The van der Waals surface area contributed by atoms with Gasteiger partial charge in [-0.15, -0.1) is 0 Å². The van der Waals surface area contributed by atoms with Crippen molar-refractivity contribution >= 4 is 70.8 Å². The predicted molar refractivity (Wildman–Crippen MR) is 94.8 cm³/mol. The Labute approximate surface area is 127 Å². The van der Waals surface area contributed by atoms with E-state index in [0.29, 0.717) is 0 Å². The summed E-state index contributed by atoms with van der Waals surface area (Å²) in [5.41, 5.74) is 0.919. The van der Waals surface area contributed by atoms with Crippen LogP contribution in [-0.4, -0.2) is 18.0 Å². The maximum atomic E-state index is 5.81. The molecule has 0 aliphatic heterocycles. The van der Waals surface area contributed by atoms with Crippen molar-refractivity contribution in [3.05, 3.63) is 29.8 Å². The van der Waals surface area contributed by atoms with Crippen LogP contribution in [0.1, 0.15) is 5.56 Å². The van der Waals surface area contributed by atoms with Gasteiger partial charge in [0, 0.05) is 7.05 Å². The molecule has 0 spiro atoms. The molecule has 0 aliphatic carbocycles. The normalized spacial score (nSPS) is 12.1. The summed E-state index contributed by atoms with van der Waals surface area (Å²) < 4.78 is 6.93.